The molecular weight excluding hydrogens is 346 g/mol. The molecule has 0 radical (unpaired) electrons. The molecule has 0 aliphatic carbocycles. The van der Waals surface area contributed by atoms with Crippen molar-refractivity contribution in [2.45, 2.75) is 47.6 Å². The third kappa shape index (κ3) is 4.27. The first kappa shape index (κ1) is 20.4. The van der Waals surface area contributed by atoms with Gasteiger partial charge in [-0.3, -0.25) is 4.79 Å². The Bertz CT molecular complexity index is 894. The standard InChI is InChI=1S/C21H25NO5/c1-7-26-21(25)17-13(4)18(22-14(17)5)19(23)15(6)27-20(24)16-9-8-11(2)10-12(16)3/h8-10,15,22H,7H2,1-6H3/t15-/m1/s1. The summed E-state index contributed by atoms with van der Waals surface area (Å²) < 4.78 is 10.4. The van der Waals surface area contributed by atoms with Crippen molar-refractivity contribution in [3.63, 3.8) is 0 Å². The number of H-pyrrole nitrogens is 1. The fraction of sp³-hybridized carbons (Fsp3) is 0.381. The molecule has 0 bridgehead atoms. The number of ketones is 1. The number of ether oxygens (including phenoxy) is 2. The largest absolute Gasteiger partial charge is 0.462 e. The molecule has 6 nitrogen and oxygen atoms in total. The van der Waals surface area contributed by atoms with Gasteiger partial charge in [-0.1, -0.05) is 17.7 Å². The average Bonchev–Trinajstić information content (AvgIpc) is 2.88. The second-order valence-corrected chi connectivity index (χ2v) is 6.58. The molecular formula is C21H25NO5. The highest BCUT2D eigenvalue weighted by Crippen LogP contribution is 2.21. The lowest BCUT2D eigenvalue weighted by molar-refractivity contribution is 0.0316. The minimum Gasteiger partial charge on any atom is -0.462 e. The molecule has 0 spiro atoms. The van der Waals surface area contributed by atoms with E-state index >= 15 is 0 Å². The Morgan fingerprint density at radius 1 is 1.07 bits per heavy atom. The van der Waals surface area contributed by atoms with E-state index in [-0.39, 0.29) is 12.3 Å². The van der Waals surface area contributed by atoms with Gasteiger partial charge < -0.3 is 14.5 Å². The van der Waals surface area contributed by atoms with Crippen molar-refractivity contribution in [3.05, 3.63) is 57.4 Å². The van der Waals surface area contributed by atoms with Gasteiger partial charge in [0.25, 0.3) is 0 Å². The lowest BCUT2D eigenvalue weighted by atomic mass is 10.0. The van der Waals surface area contributed by atoms with Gasteiger partial charge >= 0.3 is 11.9 Å². The van der Waals surface area contributed by atoms with Crippen molar-refractivity contribution >= 4 is 17.7 Å². The number of hydrogen-bond acceptors (Lipinski definition) is 5. The second-order valence-electron chi connectivity index (χ2n) is 6.58. The Morgan fingerprint density at radius 3 is 2.33 bits per heavy atom. The number of aromatic nitrogens is 1. The number of aromatic amines is 1. The first-order valence-corrected chi connectivity index (χ1v) is 8.86. The van der Waals surface area contributed by atoms with E-state index in [1.54, 1.807) is 26.8 Å². The Morgan fingerprint density at radius 2 is 1.74 bits per heavy atom. The normalized spacial score (nSPS) is 11.8. The van der Waals surface area contributed by atoms with Gasteiger partial charge in [0.1, 0.15) is 0 Å². The molecule has 0 saturated carbocycles. The molecule has 0 aliphatic rings. The van der Waals surface area contributed by atoms with Gasteiger partial charge in [-0.05, 0) is 58.7 Å². The third-order valence-corrected chi connectivity index (χ3v) is 4.42. The van der Waals surface area contributed by atoms with Crippen molar-refractivity contribution in [2.75, 3.05) is 6.61 Å². The number of nitrogens with one attached hydrogen (secondary N) is 1. The van der Waals surface area contributed by atoms with Crippen molar-refractivity contribution in [2.24, 2.45) is 0 Å². The zero-order valence-electron chi connectivity index (χ0n) is 16.6. The van der Waals surface area contributed by atoms with Crippen LogP contribution in [0.15, 0.2) is 18.2 Å². The van der Waals surface area contributed by atoms with Crippen molar-refractivity contribution < 1.29 is 23.9 Å². The van der Waals surface area contributed by atoms with Crippen LogP contribution in [0.25, 0.3) is 0 Å². The number of benzene rings is 1. The maximum atomic E-state index is 12.8. The Kier molecular flexibility index (Phi) is 6.20. The summed E-state index contributed by atoms with van der Waals surface area (Å²) in [6, 6.07) is 5.39. The molecule has 6 heteroatoms. The summed E-state index contributed by atoms with van der Waals surface area (Å²) in [5, 5.41) is 0. The highest BCUT2D eigenvalue weighted by Gasteiger charge is 2.28. The van der Waals surface area contributed by atoms with E-state index in [1.807, 2.05) is 26.0 Å². The predicted octanol–water partition coefficient (Wildman–Crippen LogP) is 3.85. The molecule has 0 fully saturated rings. The monoisotopic (exact) mass is 371 g/mol. The number of rotatable bonds is 6. The molecule has 1 heterocycles. The Balaban J connectivity index is 2.21. The number of Topliss-reactive ketones (excluding diaryl/α,β-unsaturated/α-hetero) is 1. The van der Waals surface area contributed by atoms with Crippen LogP contribution in [0, 0.1) is 27.7 Å². The fourth-order valence-electron chi connectivity index (χ4n) is 3.03. The van der Waals surface area contributed by atoms with Gasteiger partial charge in [-0.2, -0.15) is 0 Å². The Labute approximate surface area is 158 Å². The summed E-state index contributed by atoms with van der Waals surface area (Å²) in [5.74, 6) is -1.44. The second kappa shape index (κ2) is 8.20. The number of hydrogen-bond donors (Lipinski definition) is 1. The van der Waals surface area contributed by atoms with Gasteiger partial charge in [0.2, 0.25) is 5.78 Å². The fourth-order valence-corrected chi connectivity index (χ4v) is 3.03. The summed E-state index contributed by atoms with van der Waals surface area (Å²) in [6.07, 6.45) is -0.995. The van der Waals surface area contributed by atoms with Crippen molar-refractivity contribution in [1.29, 1.82) is 0 Å². The lowest BCUT2D eigenvalue weighted by Crippen LogP contribution is -2.25. The number of aryl methyl sites for hydroxylation is 3. The zero-order chi connectivity index (χ0) is 20.3. The molecule has 1 aromatic heterocycles. The number of carbonyl (C=O) groups excluding carboxylic acids is 3. The SMILES string of the molecule is CCOC(=O)c1c(C)[nH]c(C(=O)[C@@H](C)OC(=O)c2ccc(C)cc2C)c1C. The maximum absolute atomic E-state index is 12.8. The third-order valence-electron chi connectivity index (χ3n) is 4.42. The molecule has 0 saturated heterocycles. The van der Waals surface area contributed by atoms with Gasteiger partial charge in [-0.25, -0.2) is 9.59 Å². The molecule has 0 unspecified atom stereocenters. The summed E-state index contributed by atoms with van der Waals surface area (Å²) in [4.78, 5) is 40.2. The van der Waals surface area contributed by atoms with Crippen molar-refractivity contribution in [1.82, 2.24) is 4.98 Å². The van der Waals surface area contributed by atoms with Crippen LogP contribution in [0.1, 0.15) is 67.4 Å². The molecule has 144 valence electrons. The van der Waals surface area contributed by atoms with Gasteiger partial charge in [0.05, 0.1) is 23.4 Å². The predicted molar refractivity (Wildman–Crippen MR) is 101 cm³/mol. The zero-order valence-corrected chi connectivity index (χ0v) is 16.6. The van der Waals surface area contributed by atoms with E-state index < -0.39 is 23.8 Å². The first-order valence-electron chi connectivity index (χ1n) is 8.86. The van der Waals surface area contributed by atoms with Crippen LogP contribution in [-0.4, -0.2) is 35.4 Å². The minimum absolute atomic E-state index is 0.246. The number of esters is 2. The molecule has 0 aliphatic heterocycles. The summed E-state index contributed by atoms with van der Waals surface area (Å²) in [6.45, 7) is 10.6. The molecule has 1 atom stereocenters. The summed E-state index contributed by atoms with van der Waals surface area (Å²) in [7, 11) is 0. The average molecular weight is 371 g/mol. The first-order chi connectivity index (χ1) is 12.7. The molecule has 2 rings (SSSR count). The van der Waals surface area contributed by atoms with Crippen LogP contribution < -0.4 is 0 Å². The highest BCUT2D eigenvalue weighted by atomic mass is 16.5. The van der Waals surface area contributed by atoms with E-state index in [1.165, 1.54) is 6.92 Å². The van der Waals surface area contributed by atoms with Crippen LogP contribution in [-0.2, 0) is 9.47 Å². The van der Waals surface area contributed by atoms with Crippen molar-refractivity contribution in [3.8, 4) is 0 Å². The molecule has 2 aromatic rings. The van der Waals surface area contributed by atoms with E-state index in [0.717, 1.165) is 11.1 Å². The lowest BCUT2D eigenvalue weighted by Gasteiger charge is -2.13. The number of carbonyl (C=O) groups is 3. The molecule has 1 aromatic carbocycles. The quantitative estimate of drug-likeness (QED) is 0.616. The summed E-state index contributed by atoms with van der Waals surface area (Å²) >= 11 is 0. The Hall–Kier alpha value is -2.89. The summed E-state index contributed by atoms with van der Waals surface area (Å²) in [5.41, 5.74) is 3.87. The molecule has 1 N–H and O–H groups in total. The van der Waals surface area contributed by atoms with Crippen LogP contribution in [0.3, 0.4) is 0 Å². The van der Waals surface area contributed by atoms with Crippen LogP contribution in [0.5, 0.6) is 0 Å². The van der Waals surface area contributed by atoms with Crippen LogP contribution >= 0.6 is 0 Å². The van der Waals surface area contributed by atoms with Gasteiger partial charge in [0, 0.05) is 5.69 Å². The smallest absolute Gasteiger partial charge is 0.340 e. The topological polar surface area (TPSA) is 85.5 Å². The van der Waals surface area contributed by atoms with Crippen LogP contribution in [0.2, 0.25) is 0 Å². The van der Waals surface area contributed by atoms with E-state index in [9.17, 15) is 14.4 Å². The van der Waals surface area contributed by atoms with Crippen LogP contribution in [0.4, 0.5) is 0 Å². The maximum Gasteiger partial charge on any atom is 0.340 e. The minimum atomic E-state index is -0.995. The molecule has 0 amide bonds. The van der Waals surface area contributed by atoms with E-state index in [4.69, 9.17) is 9.47 Å². The van der Waals surface area contributed by atoms with E-state index in [2.05, 4.69) is 4.98 Å². The highest BCUT2D eigenvalue weighted by molar-refractivity contribution is 6.04. The van der Waals surface area contributed by atoms with Gasteiger partial charge in [-0.15, -0.1) is 0 Å². The molecule has 27 heavy (non-hydrogen) atoms. The van der Waals surface area contributed by atoms with Gasteiger partial charge in [0.15, 0.2) is 6.10 Å². The van der Waals surface area contributed by atoms with E-state index in [0.29, 0.717) is 22.4 Å².